The van der Waals surface area contributed by atoms with Crippen molar-refractivity contribution in [1.82, 2.24) is 9.29 Å². The van der Waals surface area contributed by atoms with Crippen LogP contribution in [0.25, 0.3) is 0 Å². The van der Waals surface area contributed by atoms with Crippen molar-refractivity contribution in [3.05, 3.63) is 53.2 Å². The average Bonchev–Trinajstić information content (AvgIpc) is 3.19. The van der Waals surface area contributed by atoms with Crippen molar-refractivity contribution < 1.29 is 27.1 Å². The van der Waals surface area contributed by atoms with Crippen molar-refractivity contribution in [2.75, 3.05) is 18.0 Å². The van der Waals surface area contributed by atoms with Crippen molar-refractivity contribution in [3.63, 3.8) is 0 Å². The number of sulfonamides is 1. The Bertz CT molecular complexity index is 1120. The van der Waals surface area contributed by atoms with Gasteiger partial charge in [-0.2, -0.15) is 4.31 Å². The van der Waals surface area contributed by atoms with Gasteiger partial charge in [-0.25, -0.2) is 22.2 Å². The zero-order valence-electron chi connectivity index (χ0n) is 17.8. The van der Waals surface area contributed by atoms with E-state index in [2.05, 4.69) is 4.98 Å². The number of carboxylic acids is 1. The van der Waals surface area contributed by atoms with Crippen LogP contribution >= 0.6 is 0 Å². The normalized spacial score (nSPS) is 24.0. The predicted octanol–water partition coefficient (Wildman–Crippen LogP) is 3.42. The van der Waals surface area contributed by atoms with Crippen LogP contribution < -0.4 is 4.90 Å². The molecule has 1 unspecified atom stereocenters. The first kappa shape index (κ1) is 22.6. The van der Waals surface area contributed by atoms with Gasteiger partial charge in [0, 0.05) is 36.9 Å². The van der Waals surface area contributed by atoms with E-state index >= 15 is 0 Å². The van der Waals surface area contributed by atoms with Crippen molar-refractivity contribution in [3.8, 4) is 0 Å². The van der Waals surface area contributed by atoms with Gasteiger partial charge in [0.1, 0.15) is 5.82 Å². The second-order valence-electron chi connectivity index (χ2n) is 8.33. The number of piperazine rings is 1. The molecule has 2 aliphatic rings. The van der Waals surface area contributed by atoms with Crippen molar-refractivity contribution >= 4 is 21.8 Å². The van der Waals surface area contributed by atoms with Gasteiger partial charge in [-0.1, -0.05) is 6.07 Å². The number of benzene rings is 1. The molecule has 0 radical (unpaired) electrons. The number of pyridine rings is 1. The summed E-state index contributed by atoms with van der Waals surface area (Å²) >= 11 is 0. The first-order valence-electron chi connectivity index (χ1n) is 10.5. The maximum absolute atomic E-state index is 13.4. The number of carboxylic acid groups (broad SMARTS) is 1. The lowest BCUT2D eigenvalue weighted by molar-refractivity contribution is -0.138. The second-order valence-corrected chi connectivity index (χ2v) is 10.2. The Hall–Kier alpha value is -2.59. The Morgan fingerprint density at radius 1 is 1.16 bits per heavy atom. The summed E-state index contributed by atoms with van der Waals surface area (Å²) in [6.07, 6.45) is -0.361. The van der Waals surface area contributed by atoms with Gasteiger partial charge in [0.2, 0.25) is 10.0 Å². The number of aromatic nitrogens is 1. The van der Waals surface area contributed by atoms with E-state index in [0.29, 0.717) is 30.8 Å². The molecule has 1 aromatic carbocycles. The van der Waals surface area contributed by atoms with Gasteiger partial charge < -0.3 is 10.0 Å². The molecule has 1 aliphatic carbocycles. The highest BCUT2D eigenvalue weighted by molar-refractivity contribution is 7.89. The number of anilines is 1. The standard InChI is InChI=1S/C22H25F2N3O4S/c1-13-14(2)27(10-9-26(13)20-8-5-16(12-25-20)21(23)24)32(30,31)17-6-3-15-4-7-18(22(28)29)19(15)11-17/h3,5-6,8,11-14,18,21H,4,7,9-10H2,1-2H3,(H,28,29)/t13-,14+,18?/m0/s1. The Morgan fingerprint density at radius 2 is 1.91 bits per heavy atom. The molecule has 172 valence electrons. The van der Waals surface area contributed by atoms with Gasteiger partial charge in [-0.3, -0.25) is 4.79 Å². The third kappa shape index (κ3) is 3.86. The van der Waals surface area contributed by atoms with E-state index in [1.165, 1.54) is 22.5 Å². The number of aryl methyl sites for hydroxylation is 1. The maximum atomic E-state index is 13.4. The molecule has 1 aliphatic heterocycles. The number of nitrogens with zero attached hydrogens (tertiary/aromatic N) is 3. The van der Waals surface area contributed by atoms with Crippen molar-refractivity contribution in [2.45, 2.75) is 56.0 Å². The molecule has 1 fully saturated rings. The van der Waals surface area contributed by atoms with E-state index in [0.717, 1.165) is 11.8 Å². The summed E-state index contributed by atoms with van der Waals surface area (Å²) in [5.41, 5.74) is 1.29. The highest BCUT2D eigenvalue weighted by Crippen LogP contribution is 2.36. The summed E-state index contributed by atoms with van der Waals surface area (Å²) in [7, 11) is -3.84. The van der Waals surface area contributed by atoms with E-state index < -0.39 is 34.4 Å². The van der Waals surface area contributed by atoms with Crippen LogP contribution in [0.2, 0.25) is 0 Å². The Kier molecular flexibility index (Phi) is 5.93. The zero-order chi connectivity index (χ0) is 23.2. The van der Waals surface area contributed by atoms with Gasteiger partial charge >= 0.3 is 5.97 Å². The van der Waals surface area contributed by atoms with Crippen molar-refractivity contribution in [1.29, 1.82) is 0 Å². The largest absolute Gasteiger partial charge is 0.481 e. The third-order valence-electron chi connectivity index (χ3n) is 6.62. The van der Waals surface area contributed by atoms with Crippen LogP contribution in [0.4, 0.5) is 14.6 Å². The molecule has 1 saturated heterocycles. The molecule has 10 heteroatoms. The molecule has 0 amide bonds. The second kappa shape index (κ2) is 8.40. The average molecular weight is 466 g/mol. The van der Waals surface area contributed by atoms with Crippen LogP contribution in [0.3, 0.4) is 0 Å². The van der Waals surface area contributed by atoms with Crippen LogP contribution in [-0.4, -0.2) is 54.0 Å². The summed E-state index contributed by atoms with van der Waals surface area (Å²) in [5.74, 6) is -1.11. The fraction of sp³-hybridized carbons (Fsp3) is 0.455. The monoisotopic (exact) mass is 465 g/mol. The van der Waals surface area contributed by atoms with E-state index in [1.54, 1.807) is 19.1 Å². The molecular formula is C22H25F2N3O4S. The van der Waals surface area contributed by atoms with Crippen LogP contribution in [0.15, 0.2) is 41.4 Å². The van der Waals surface area contributed by atoms with Crippen LogP contribution in [-0.2, 0) is 21.2 Å². The highest BCUT2D eigenvalue weighted by Gasteiger charge is 2.39. The number of hydrogen-bond donors (Lipinski definition) is 1. The lowest BCUT2D eigenvalue weighted by Gasteiger charge is -2.44. The molecule has 0 spiro atoms. The van der Waals surface area contributed by atoms with Gasteiger partial charge in [-0.15, -0.1) is 0 Å². The van der Waals surface area contributed by atoms with Gasteiger partial charge in [0.15, 0.2) is 0 Å². The molecule has 0 bridgehead atoms. The third-order valence-corrected chi connectivity index (χ3v) is 8.60. The Labute approximate surface area is 185 Å². The smallest absolute Gasteiger partial charge is 0.310 e. The Balaban J connectivity index is 1.57. The molecule has 4 rings (SSSR count). The van der Waals surface area contributed by atoms with E-state index in [1.807, 2.05) is 11.8 Å². The number of carbonyl (C=O) groups is 1. The number of hydrogen-bond acceptors (Lipinski definition) is 5. The summed E-state index contributed by atoms with van der Waals surface area (Å²) < 4.78 is 53.9. The molecule has 3 atom stereocenters. The quantitative estimate of drug-likeness (QED) is 0.728. The zero-order valence-corrected chi connectivity index (χ0v) is 18.6. The fourth-order valence-electron chi connectivity index (χ4n) is 4.61. The van der Waals surface area contributed by atoms with Crippen molar-refractivity contribution in [2.24, 2.45) is 0 Å². The fourth-order valence-corrected chi connectivity index (χ4v) is 6.33. The molecule has 1 aromatic heterocycles. The van der Waals surface area contributed by atoms with Crippen LogP contribution in [0.1, 0.15) is 49.3 Å². The summed E-state index contributed by atoms with van der Waals surface area (Å²) in [6.45, 7) is 4.23. The first-order chi connectivity index (χ1) is 15.1. The van der Waals surface area contributed by atoms with E-state index in [4.69, 9.17) is 0 Å². The summed E-state index contributed by atoms with van der Waals surface area (Å²) in [6, 6.07) is 6.97. The number of rotatable bonds is 5. The lowest BCUT2D eigenvalue weighted by atomic mass is 10.0. The molecule has 0 saturated carbocycles. The van der Waals surface area contributed by atoms with Crippen LogP contribution in [0.5, 0.6) is 0 Å². The number of halogens is 2. The maximum Gasteiger partial charge on any atom is 0.310 e. The lowest BCUT2D eigenvalue weighted by Crippen LogP contribution is -2.59. The van der Waals surface area contributed by atoms with Gasteiger partial charge in [-0.05, 0) is 62.1 Å². The molecule has 1 N–H and O–H groups in total. The topological polar surface area (TPSA) is 90.8 Å². The molecule has 2 heterocycles. The first-order valence-corrected chi connectivity index (χ1v) is 11.9. The minimum Gasteiger partial charge on any atom is -0.481 e. The number of fused-ring (bicyclic) bond motifs is 1. The molecule has 32 heavy (non-hydrogen) atoms. The van der Waals surface area contributed by atoms with Gasteiger partial charge in [0.25, 0.3) is 6.43 Å². The van der Waals surface area contributed by atoms with Gasteiger partial charge in [0.05, 0.1) is 10.8 Å². The minimum absolute atomic E-state index is 0.0938. The van der Waals surface area contributed by atoms with E-state index in [9.17, 15) is 27.1 Å². The predicted molar refractivity (Wildman–Crippen MR) is 114 cm³/mol. The molecule has 2 aromatic rings. The molecule has 7 nitrogen and oxygen atoms in total. The van der Waals surface area contributed by atoms with E-state index in [-0.39, 0.29) is 23.0 Å². The SMILES string of the molecule is C[C@@H]1[C@H](C)N(c2ccc(C(F)F)cn2)CCN1S(=O)(=O)c1ccc2c(c1)C(C(=O)O)CC2. The summed E-state index contributed by atoms with van der Waals surface area (Å²) in [5, 5.41) is 9.45. The Morgan fingerprint density at radius 3 is 2.53 bits per heavy atom. The highest BCUT2D eigenvalue weighted by atomic mass is 32.2. The number of alkyl halides is 2. The van der Waals surface area contributed by atoms with Crippen LogP contribution in [0, 0.1) is 0 Å². The number of aliphatic carboxylic acids is 1. The summed E-state index contributed by atoms with van der Waals surface area (Å²) in [4.78, 5) is 17.7. The minimum atomic E-state index is -3.84. The molecular weight excluding hydrogens is 440 g/mol.